The Kier molecular flexibility index (Phi) is 4.92. The number of aromatic nitrogens is 1. The Morgan fingerprint density at radius 1 is 1.24 bits per heavy atom. The highest BCUT2D eigenvalue weighted by atomic mass is 32.2. The van der Waals surface area contributed by atoms with E-state index in [0.717, 1.165) is 12.8 Å². The standard InChI is InChI=1S/C18H23N2O3SSi/c1-13(18(2,3)25)23-15-8-9-16(14-7-6-10-19-17(14)15)24(21,22)20-11-4-5-12-20/h6-10,13H,4-5,11-12H2,1-3H3. The summed E-state index contributed by atoms with van der Waals surface area (Å²) in [4.78, 5) is 4.69. The van der Waals surface area contributed by atoms with Gasteiger partial charge in [-0.05, 0) is 49.1 Å². The van der Waals surface area contributed by atoms with Gasteiger partial charge in [0.1, 0.15) is 11.3 Å². The first kappa shape index (κ1) is 18.4. The summed E-state index contributed by atoms with van der Waals surface area (Å²) in [5.41, 5.74) is 0.575. The topological polar surface area (TPSA) is 59.5 Å². The summed E-state index contributed by atoms with van der Waals surface area (Å²) in [7, 11) is 0.153. The lowest BCUT2D eigenvalue weighted by atomic mass is 10.1. The maximum atomic E-state index is 13.0. The summed E-state index contributed by atoms with van der Waals surface area (Å²) < 4.78 is 33.6. The fraction of sp³-hybridized carbons (Fsp3) is 0.500. The maximum absolute atomic E-state index is 13.0. The lowest BCUT2D eigenvalue weighted by Crippen LogP contribution is -2.28. The van der Waals surface area contributed by atoms with Crippen molar-refractivity contribution in [2.24, 2.45) is 0 Å². The van der Waals surface area contributed by atoms with E-state index in [4.69, 9.17) is 4.74 Å². The molecule has 0 aliphatic carbocycles. The second kappa shape index (κ2) is 6.70. The predicted octanol–water partition coefficient (Wildman–Crippen LogP) is 3.15. The minimum Gasteiger partial charge on any atom is -0.488 e. The molecule has 1 aliphatic heterocycles. The van der Waals surface area contributed by atoms with Crippen LogP contribution < -0.4 is 4.74 Å². The molecule has 3 radical (unpaired) electrons. The van der Waals surface area contributed by atoms with Gasteiger partial charge in [-0.25, -0.2) is 8.42 Å². The molecule has 133 valence electrons. The number of pyridine rings is 1. The predicted molar refractivity (Wildman–Crippen MR) is 99.6 cm³/mol. The minimum absolute atomic E-state index is 0.115. The normalized spacial score (nSPS) is 17.8. The number of ether oxygens (including phenoxy) is 1. The van der Waals surface area contributed by atoms with Gasteiger partial charge < -0.3 is 4.74 Å². The van der Waals surface area contributed by atoms with Crippen molar-refractivity contribution in [3.63, 3.8) is 0 Å². The van der Waals surface area contributed by atoms with Crippen LogP contribution >= 0.6 is 0 Å². The summed E-state index contributed by atoms with van der Waals surface area (Å²) in [6.45, 7) is 7.18. The van der Waals surface area contributed by atoms with E-state index in [1.54, 1.807) is 34.8 Å². The molecule has 5 nitrogen and oxygen atoms in total. The van der Waals surface area contributed by atoms with Gasteiger partial charge >= 0.3 is 0 Å². The van der Waals surface area contributed by atoms with E-state index < -0.39 is 10.0 Å². The van der Waals surface area contributed by atoms with E-state index in [9.17, 15) is 8.42 Å². The lowest BCUT2D eigenvalue weighted by molar-refractivity contribution is 0.182. The van der Waals surface area contributed by atoms with Gasteiger partial charge in [-0.2, -0.15) is 4.31 Å². The summed E-state index contributed by atoms with van der Waals surface area (Å²) in [6, 6.07) is 6.90. The summed E-state index contributed by atoms with van der Waals surface area (Å²) in [6.07, 6.45) is 3.36. The molecule has 1 fully saturated rings. The van der Waals surface area contributed by atoms with Crippen molar-refractivity contribution >= 4 is 31.2 Å². The number of hydrogen-bond acceptors (Lipinski definition) is 4. The molecule has 0 spiro atoms. The molecule has 0 N–H and O–H groups in total. The van der Waals surface area contributed by atoms with Crippen LogP contribution in [0.5, 0.6) is 5.75 Å². The maximum Gasteiger partial charge on any atom is 0.243 e. The molecule has 1 aromatic heterocycles. The Morgan fingerprint density at radius 2 is 1.92 bits per heavy atom. The SMILES string of the molecule is CC(Oc1ccc(S(=O)(=O)N2CCCC2)c2cccnc12)C(C)(C)[Si]. The zero-order valence-corrected chi connectivity index (χ0v) is 16.6. The number of rotatable bonds is 5. The summed E-state index contributed by atoms with van der Waals surface area (Å²) in [5.74, 6) is 0.592. The Bertz CT molecular complexity index is 872. The third-order valence-electron chi connectivity index (χ3n) is 4.70. The molecule has 1 atom stereocenters. The van der Waals surface area contributed by atoms with Crippen LogP contribution in [0.3, 0.4) is 0 Å². The van der Waals surface area contributed by atoms with Crippen LogP contribution in [0.15, 0.2) is 35.4 Å². The van der Waals surface area contributed by atoms with E-state index in [2.05, 4.69) is 15.2 Å². The average Bonchev–Trinajstić information content (AvgIpc) is 3.09. The quantitative estimate of drug-likeness (QED) is 0.753. The lowest BCUT2D eigenvalue weighted by Gasteiger charge is -2.28. The second-order valence-electron chi connectivity index (χ2n) is 7.05. The van der Waals surface area contributed by atoms with E-state index in [1.165, 1.54) is 0 Å². The van der Waals surface area contributed by atoms with Crippen LogP contribution in [0.2, 0.25) is 5.04 Å². The first-order valence-electron chi connectivity index (χ1n) is 8.51. The van der Waals surface area contributed by atoms with Gasteiger partial charge in [-0.15, -0.1) is 0 Å². The van der Waals surface area contributed by atoms with Crippen LogP contribution in [0, 0.1) is 0 Å². The first-order chi connectivity index (χ1) is 11.7. The van der Waals surface area contributed by atoms with Gasteiger partial charge in [0.15, 0.2) is 0 Å². The van der Waals surface area contributed by atoms with Gasteiger partial charge in [0, 0.05) is 34.9 Å². The molecule has 2 heterocycles. The van der Waals surface area contributed by atoms with Crippen LogP contribution in [0.25, 0.3) is 10.9 Å². The Hall–Kier alpha value is -1.44. The average molecular weight is 376 g/mol. The molecule has 25 heavy (non-hydrogen) atoms. The van der Waals surface area contributed by atoms with Crippen molar-refractivity contribution in [3.05, 3.63) is 30.5 Å². The third kappa shape index (κ3) is 3.59. The molecular weight excluding hydrogens is 352 g/mol. The van der Waals surface area contributed by atoms with E-state index in [0.29, 0.717) is 34.6 Å². The van der Waals surface area contributed by atoms with Crippen molar-refractivity contribution in [2.45, 2.75) is 49.7 Å². The molecular formula is C18H23N2O3SSi. The van der Waals surface area contributed by atoms with Gasteiger partial charge in [0.25, 0.3) is 0 Å². The van der Waals surface area contributed by atoms with Crippen molar-refractivity contribution in [1.82, 2.24) is 9.29 Å². The first-order valence-corrected chi connectivity index (χ1v) is 10.4. The number of fused-ring (bicyclic) bond motifs is 1. The second-order valence-corrected chi connectivity index (χ2v) is 10.2. The van der Waals surface area contributed by atoms with Crippen molar-refractivity contribution in [1.29, 1.82) is 0 Å². The fourth-order valence-electron chi connectivity index (χ4n) is 2.85. The zero-order chi connectivity index (χ0) is 18.2. The Morgan fingerprint density at radius 3 is 2.56 bits per heavy atom. The van der Waals surface area contributed by atoms with Crippen molar-refractivity contribution < 1.29 is 13.2 Å². The van der Waals surface area contributed by atoms with Gasteiger partial charge in [-0.3, -0.25) is 4.98 Å². The Labute approximate surface area is 152 Å². The highest BCUT2D eigenvalue weighted by molar-refractivity contribution is 7.89. The van der Waals surface area contributed by atoms with Crippen LogP contribution in [0.4, 0.5) is 0 Å². The van der Waals surface area contributed by atoms with E-state index in [-0.39, 0.29) is 11.1 Å². The largest absolute Gasteiger partial charge is 0.488 e. The van der Waals surface area contributed by atoms with Gasteiger partial charge in [0.2, 0.25) is 10.0 Å². The highest BCUT2D eigenvalue weighted by Crippen LogP contribution is 2.35. The minimum atomic E-state index is -3.51. The molecule has 1 aliphatic rings. The third-order valence-corrected chi connectivity index (χ3v) is 7.06. The number of sulfonamides is 1. The molecule has 1 unspecified atom stereocenters. The van der Waals surface area contributed by atoms with Crippen molar-refractivity contribution in [2.75, 3.05) is 13.1 Å². The smallest absolute Gasteiger partial charge is 0.243 e. The van der Waals surface area contributed by atoms with Gasteiger partial charge in [0.05, 0.1) is 11.0 Å². The van der Waals surface area contributed by atoms with Crippen LogP contribution in [-0.4, -0.2) is 47.1 Å². The molecule has 1 aromatic carbocycles. The van der Waals surface area contributed by atoms with E-state index in [1.807, 2.05) is 20.8 Å². The zero-order valence-electron chi connectivity index (χ0n) is 14.8. The monoisotopic (exact) mass is 375 g/mol. The van der Waals surface area contributed by atoms with Gasteiger partial charge in [-0.1, -0.05) is 13.8 Å². The number of benzene rings is 1. The molecule has 1 saturated heterocycles. The highest BCUT2D eigenvalue weighted by Gasteiger charge is 2.30. The van der Waals surface area contributed by atoms with E-state index >= 15 is 0 Å². The molecule has 2 aromatic rings. The summed E-state index contributed by atoms with van der Waals surface area (Å²) in [5, 5.41) is 0.382. The van der Waals surface area contributed by atoms with Crippen molar-refractivity contribution in [3.8, 4) is 5.75 Å². The Balaban J connectivity index is 2.08. The summed E-state index contributed by atoms with van der Waals surface area (Å²) >= 11 is 0. The van der Waals surface area contributed by atoms with Crippen LogP contribution in [-0.2, 0) is 10.0 Å². The molecule has 7 heteroatoms. The molecule has 0 bridgehead atoms. The number of hydrogen-bond donors (Lipinski definition) is 0. The fourth-order valence-corrected chi connectivity index (χ4v) is 4.60. The molecule has 0 saturated carbocycles. The van der Waals surface area contributed by atoms with Crippen LogP contribution in [0.1, 0.15) is 33.6 Å². The molecule has 0 amide bonds. The number of nitrogens with zero attached hydrogens (tertiary/aromatic N) is 2. The molecule has 3 rings (SSSR count).